The number of allylic oxidation sites excluding steroid dienone is 2. The molecule has 1 N–H and O–H groups in total. The van der Waals surface area contributed by atoms with Gasteiger partial charge in [-0.15, -0.1) is 0 Å². The molecule has 0 spiro atoms. The number of halogens is 7. The predicted octanol–water partition coefficient (Wildman–Crippen LogP) is 8.20. The Morgan fingerprint density at radius 2 is 1.56 bits per heavy atom. The van der Waals surface area contributed by atoms with E-state index in [1.807, 2.05) is 18.7 Å². The molecule has 0 aliphatic heterocycles. The molecule has 7 nitrogen and oxygen atoms in total. The van der Waals surface area contributed by atoms with Gasteiger partial charge >= 0.3 is 18.3 Å². The molecular weight excluding hydrogens is 695 g/mol. The first-order valence-corrected chi connectivity index (χ1v) is 17.4. The Morgan fingerprint density at radius 3 is 2.06 bits per heavy atom. The van der Waals surface area contributed by atoms with Crippen molar-refractivity contribution < 1.29 is 45.1 Å². The molecule has 2 aromatic rings. The summed E-state index contributed by atoms with van der Waals surface area (Å²) in [7, 11) is 0. The Hall–Kier alpha value is -3.94. The lowest BCUT2D eigenvalue weighted by atomic mass is 9.82. The third-order valence-corrected chi connectivity index (χ3v) is 9.25. The molecule has 0 saturated carbocycles. The summed E-state index contributed by atoms with van der Waals surface area (Å²) < 4.78 is 107. The highest BCUT2D eigenvalue weighted by atomic mass is 19.4. The van der Waals surface area contributed by atoms with Gasteiger partial charge in [0, 0.05) is 18.8 Å². The Kier molecular flexibility index (Phi) is 14.1. The van der Waals surface area contributed by atoms with Gasteiger partial charge in [0.15, 0.2) is 0 Å². The first-order valence-electron chi connectivity index (χ1n) is 17.4. The number of carbonyl (C=O) groups excluding carboxylic acids is 2. The number of rotatable bonds is 15. The van der Waals surface area contributed by atoms with Crippen molar-refractivity contribution in [1.82, 2.24) is 14.8 Å². The molecule has 1 heterocycles. The molecule has 288 valence electrons. The molecule has 0 saturated heterocycles. The molecule has 1 aliphatic carbocycles. The molecule has 2 unspecified atom stereocenters. The van der Waals surface area contributed by atoms with Crippen LogP contribution in [0.2, 0.25) is 0 Å². The van der Waals surface area contributed by atoms with E-state index >= 15 is 4.39 Å². The van der Waals surface area contributed by atoms with Crippen LogP contribution in [-0.2, 0) is 26.9 Å². The normalized spacial score (nSPS) is 16.4. The van der Waals surface area contributed by atoms with Gasteiger partial charge < -0.3 is 19.5 Å². The van der Waals surface area contributed by atoms with Crippen molar-refractivity contribution in [1.29, 1.82) is 0 Å². The van der Waals surface area contributed by atoms with Crippen LogP contribution in [0.5, 0.6) is 0 Å². The van der Waals surface area contributed by atoms with E-state index in [2.05, 4.69) is 5.32 Å². The van der Waals surface area contributed by atoms with Gasteiger partial charge in [-0.05, 0) is 93.4 Å². The average Bonchev–Trinajstić information content (AvgIpc) is 3.36. The quantitative estimate of drug-likeness (QED) is 0.147. The summed E-state index contributed by atoms with van der Waals surface area (Å²) in [5, 5.41) is 2.55. The Labute approximate surface area is 299 Å². The van der Waals surface area contributed by atoms with Gasteiger partial charge in [-0.1, -0.05) is 45.4 Å². The predicted molar refractivity (Wildman–Crippen MR) is 185 cm³/mol. The molecule has 1 aromatic carbocycles. The number of carbonyl (C=O) groups is 2. The van der Waals surface area contributed by atoms with Crippen molar-refractivity contribution in [3.63, 3.8) is 0 Å². The highest BCUT2D eigenvalue weighted by Crippen LogP contribution is 2.48. The number of aryl methyl sites for hydroxylation is 3. The number of nitrogens with one attached hydrogen (secondary N) is 1. The van der Waals surface area contributed by atoms with Gasteiger partial charge in [-0.3, -0.25) is 14.4 Å². The molecule has 14 heteroatoms. The lowest BCUT2D eigenvalue weighted by molar-refractivity contribution is -0.144. The minimum Gasteiger partial charge on any atom is -0.466 e. The zero-order chi connectivity index (χ0) is 39.3. The molecule has 0 radical (unpaired) electrons. The topological polar surface area (TPSA) is 80.6 Å². The van der Waals surface area contributed by atoms with Crippen LogP contribution in [0.25, 0.3) is 5.57 Å². The van der Waals surface area contributed by atoms with Crippen LogP contribution in [0.3, 0.4) is 0 Å². The van der Waals surface area contributed by atoms with E-state index in [9.17, 15) is 40.7 Å². The van der Waals surface area contributed by atoms with E-state index < -0.39 is 71.2 Å². The smallest absolute Gasteiger partial charge is 0.418 e. The van der Waals surface area contributed by atoms with Gasteiger partial charge in [0.05, 0.1) is 36.1 Å². The number of alkyl halides is 6. The van der Waals surface area contributed by atoms with Gasteiger partial charge in [0.1, 0.15) is 11.9 Å². The number of pyridine rings is 1. The number of nitrogens with zero attached hydrogens (tertiary/aromatic N) is 2. The molecule has 1 aromatic heterocycles. The largest absolute Gasteiger partial charge is 0.466 e. The molecule has 1 aliphatic rings. The SMILES string of the molecule is CCOC(=O)C[C@H](NC(=O)C(CC(C)C)n1cc(CCN(CC)CC)c(C(F)(F)F)cc1=O)C1C(c2c(C)cc(C)cc2C)=CC(C(F)(F)F)=C1F. The second-order valence-electron chi connectivity index (χ2n) is 13.6. The van der Waals surface area contributed by atoms with Crippen LogP contribution in [0.4, 0.5) is 30.7 Å². The van der Waals surface area contributed by atoms with Crippen molar-refractivity contribution in [2.45, 2.75) is 99.1 Å². The zero-order valence-corrected chi connectivity index (χ0v) is 30.8. The number of likely N-dealkylation sites (N-methyl/N-ethyl adjacent to an activating group) is 1. The summed E-state index contributed by atoms with van der Waals surface area (Å²) in [5.74, 6) is -5.62. The highest BCUT2D eigenvalue weighted by Gasteiger charge is 2.47. The van der Waals surface area contributed by atoms with E-state index in [1.54, 1.807) is 46.8 Å². The fourth-order valence-corrected chi connectivity index (χ4v) is 6.93. The van der Waals surface area contributed by atoms with E-state index in [-0.39, 0.29) is 43.0 Å². The van der Waals surface area contributed by atoms with E-state index in [0.29, 0.717) is 41.9 Å². The number of hydrogen-bond acceptors (Lipinski definition) is 5. The Balaban J connectivity index is 2.22. The van der Waals surface area contributed by atoms with Gasteiger partial charge in [-0.25, -0.2) is 4.39 Å². The summed E-state index contributed by atoms with van der Waals surface area (Å²) in [5.41, 5.74) is -1.96. The average molecular weight is 744 g/mol. The first kappa shape index (κ1) is 42.5. The van der Waals surface area contributed by atoms with E-state index in [0.717, 1.165) is 16.3 Å². The summed E-state index contributed by atoms with van der Waals surface area (Å²) in [6.45, 7) is 15.0. The van der Waals surface area contributed by atoms with Crippen molar-refractivity contribution in [3.05, 3.63) is 85.6 Å². The minimum atomic E-state index is -5.12. The lowest BCUT2D eigenvalue weighted by Crippen LogP contribution is -2.47. The highest BCUT2D eigenvalue weighted by molar-refractivity contribution is 5.85. The maximum atomic E-state index is 16.2. The number of ether oxygens (including phenoxy) is 1. The standard InChI is InChI=1S/C38H48F7N3O4/c1-9-47(10-2)13-12-25-20-48(31(49)18-27(25)37(40,41)42)30(14-21(4)5)36(51)46-29(19-32(50)52-11-3)34-26(17-28(35(34)39)38(43,44)45)33-23(7)15-22(6)16-24(33)8/h15-18,20-21,29-30,34H,9-14,19H2,1-8H3,(H,46,51)/t29-,30?,34?/m0/s1. The molecule has 1 amide bonds. The van der Waals surface area contributed by atoms with Crippen molar-refractivity contribution in [2.24, 2.45) is 11.8 Å². The maximum Gasteiger partial charge on any atom is 0.418 e. The number of esters is 1. The van der Waals surface area contributed by atoms with Gasteiger partial charge in [0.2, 0.25) is 5.91 Å². The maximum absolute atomic E-state index is 16.2. The first-order chi connectivity index (χ1) is 24.1. The summed E-state index contributed by atoms with van der Waals surface area (Å²) in [6.07, 6.45) is -9.21. The number of amides is 1. The fourth-order valence-electron chi connectivity index (χ4n) is 6.93. The third-order valence-electron chi connectivity index (χ3n) is 9.25. The Morgan fingerprint density at radius 1 is 0.962 bits per heavy atom. The van der Waals surface area contributed by atoms with Crippen LogP contribution < -0.4 is 10.9 Å². The minimum absolute atomic E-state index is 0.0750. The fraction of sp³-hybridized carbons (Fsp3) is 0.553. The molecule has 3 rings (SSSR count). The van der Waals surface area contributed by atoms with Crippen molar-refractivity contribution >= 4 is 17.4 Å². The number of hydrogen-bond donors (Lipinski definition) is 1. The molecule has 52 heavy (non-hydrogen) atoms. The monoisotopic (exact) mass is 743 g/mol. The summed E-state index contributed by atoms with van der Waals surface area (Å²) in [4.78, 5) is 42.4. The Bertz CT molecular complexity index is 1710. The molecule has 0 fully saturated rings. The van der Waals surface area contributed by atoms with Crippen LogP contribution in [0.15, 0.2) is 46.7 Å². The summed E-state index contributed by atoms with van der Waals surface area (Å²) >= 11 is 0. The van der Waals surface area contributed by atoms with Crippen LogP contribution >= 0.6 is 0 Å². The number of aromatic nitrogens is 1. The molecule has 0 bridgehead atoms. The van der Waals surface area contributed by atoms with Crippen LogP contribution in [0.1, 0.15) is 86.9 Å². The third kappa shape index (κ3) is 10.1. The number of benzene rings is 1. The molecular formula is C38H48F7N3O4. The van der Waals surface area contributed by atoms with Crippen molar-refractivity contribution in [3.8, 4) is 0 Å². The van der Waals surface area contributed by atoms with Crippen LogP contribution in [0, 0.1) is 32.6 Å². The zero-order valence-electron chi connectivity index (χ0n) is 30.8. The van der Waals surface area contributed by atoms with Gasteiger partial charge in [-0.2, -0.15) is 26.3 Å². The van der Waals surface area contributed by atoms with E-state index in [4.69, 9.17) is 4.74 Å². The van der Waals surface area contributed by atoms with E-state index in [1.165, 1.54) is 6.92 Å². The lowest BCUT2D eigenvalue weighted by Gasteiger charge is -2.31. The molecule has 3 atom stereocenters. The summed E-state index contributed by atoms with van der Waals surface area (Å²) in [6, 6.07) is 0.775. The second-order valence-corrected chi connectivity index (χ2v) is 13.6. The second kappa shape index (κ2) is 17.3. The van der Waals surface area contributed by atoms with Gasteiger partial charge in [0.25, 0.3) is 5.56 Å². The van der Waals surface area contributed by atoms with Crippen molar-refractivity contribution in [2.75, 3.05) is 26.2 Å². The van der Waals surface area contributed by atoms with Crippen LogP contribution in [-0.4, -0.2) is 59.8 Å².